The van der Waals surface area contributed by atoms with E-state index < -0.39 is 6.17 Å². The standard InChI is InChI=1S/C5H6BrFN2/c6-5-4(8)1-3(7)2-9-5/h2-3H,1,8H2/p+1. The lowest BCUT2D eigenvalue weighted by atomic mass is 10.2. The monoisotopic (exact) mass is 193 g/mol. The fourth-order valence-electron chi connectivity index (χ4n) is 0.615. The van der Waals surface area contributed by atoms with Crippen LogP contribution in [-0.2, 0) is 0 Å². The summed E-state index contributed by atoms with van der Waals surface area (Å²) in [6, 6.07) is 0. The van der Waals surface area contributed by atoms with Crippen LogP contribution in [-0.4, -0.2) is 12.4 Å². The molecule has 1 aliphatic rings. The first-order chi connectivity index (χ1) is 4.20. The molecule has 2 nitrogen and oxygen atoms in total. The lowest BCUT2D eigenvalue weighted by molar-refractivity contribution is -0.381. The van der Waals surface area contributed by atoms with Crippen molar-refractivity contribution in [1.29, 1.82) is 0 Å². The van der Waals surface area contributed by atoms with Crippen LogP contribution < -0.4 is 10.7 Å². The summed E-state index contributed by atoms with van der Waals surface area (Å²) in [6.45, 7) is 0. The van der Waals surface area contributed by atoms with Gasteiger partial charge >= 0.3 is 0 Å². The maximum Gasteiger partial charge on any atom is 0.265 e. The molecular formula is C5H7BrFN2+. The lowest BCUT2D eigenvalue weighted by Crippen LogP contribution is -2.69. The number of halogens is 2. The van der Waals surface area contributed by atoms with Gasteiger partial charge in [-0.2, -0.15) is 0 Å². The molecule has 1 unspecified atom stereocenters. The van der Waals surface area contributed by atoms with Crippen LogP contribution in [0.2, 0.25) is 0 Å². The zero-order chi connectivity index (χ0) is 6.85. The first kappa shape index (κ1) is 6.74. The lowest BCUT2D eigenvalue weighted by Gasteiger charge is -2.03. The van der Waals surface area contributed by atoms with E-state index in [4.69, 9.17) is 5.73 Å². The Hall–Kier alpha value is -0.380. The summed E-state index contributed by atoms with van der Waals surface area (Å²) < 4.78 is 13.0. The molecule has 0 aromatic heterocycles. The number of nitrogens with two attached hydrogens (primary N) is 1. The molecule has 1 heterocycles. The van der Waals surface area contributed by atoms with Crippen molar-refractivity contribution >= 4 is 22.1 Å². The van der Waals surface area contributed by atoms with Crippen LogP contribution in [0.5, 0.6) is 0 Å². The summed E-state index contributed by atoms with van der Waals surface area (Å²) in [5.74, 6) is 0. The van der Waals surface area contributed by atoms with Crippen molar-refractivity contribution in [3.05, 3.63) is 10.3 Å². The van der Waals surface area contributed by atoms with E-state index in [-0.39, 0.29) is 6.42 Å². The van der Waals surface area contributed by atoms with Gasteiger partial charge in [0.2, 0.25) is 0 Å². The van der Waals surface area contributed by atoms with Gasteiger partial charge in [-0.05, 0) is 0 Å². The molecule has 9 heavy (non-hydrogen) atoms. The Labute approximate surface area is 60.8 Å². The second-order valence-corrected chi connectivity index (χ2v) is 2.66. The number of allylic oxidation sites excluding steroid dienone is 1. The van der Waals surface area contributed by atoms with E-state index in [1.165, 1.54) is 6.21 Å². The zero-order valence-corrected chi connectivity index (χ0v) is 6.28. The number of nitrogens with one attached hydrogen (secondary N) is 1. The van der Waals surface area contributed by atoms with Crippen LogP contribution in [0.15, 0.2) is 10.3 Å². The van der Waals surface area contributed by atoms with E-state index in [9.17, 15) is 4.39 Å². The van der Waals surface area contributed by atoms with Crippen molar-refractivity contribution in [2.45, 2.75) is 12.6 Å². The summed E-state index contributed by atoms with van der Waals surface area (Å²) in [5.41, 5.74) is 5.91. The SMILES string of the molecule is NC1=C(Br)[NH+]=CC(F)C1. The number of hydrogen-bond donors (Lipinski definition) is 2. The molecule has 50 valence electrons. The molecule has 0 bridgehead atoms. The molecule has 3 N–H and O–H groups in total. The Balaban J connectivity index is 2.75. The summed E-state index contributed by atoms with van der Waals surface area (Å²) >= 11 is 3.13. The van der Waals surface area contributed by atoms with Crippen molar-refractivity contribution in [1.82, 2.24) is 0 Å². The Morgan fingerprint density at radius 2 is 2.56 bits per heavy atom. The van der Waals surface area contributed by atoms with Crippen LogP contribution in [0.3, 0.4) is 0 Å². The molecular weight excluding hydrogens is 187 g/mol. The minimum absolute atomic E-state index is 0.285. The highest BCUT2D eigenvalue weighted by atomic mass is 79.9. The number of rotatable bonds is 0. The summed E-state index contributed by atoms with van der Waals surface area (Å²) in [7, 11) is 0. The fourth-order valence-corrected chi connectivity index (χ4v) is 0.909. The Bertz CT molecular complexity index is 176. The minimum Gasteiger partial charge on any atom is -0.396 e. The van der Waals surface area contributed by atoms with E-state index >= 15 is 0 Å². The molecule has 0 aromatic rings. The Morgan fingerprint density at radius 1 is 1.89 bits per heavy atom. The van der Waals surface area contributed by atoms with Gasteiger partial charge in [0.05, 0.1) is 5.70 Å². The van der Waals surface area contributed by atoms with Crippen LogP contribution in [0.1, 0.15) is 6.42 Å². The van der Waals surface area contributed by atoms with Crippen molar-refractivity contribution in [2.24, 2.45) is 5.73 Å². The molecule has 0 spiro atoms. The van der Waals surface area contributed by atoms with Gasteiger partial charge in [0.15, 0.2) is 12.4 Å². The van der Waals surface area contributed by atoms with E-state index in [2.05, 4.69) is 20.9 Å². The van der Waals surface area contributed by atoms with E-state index in [0.717, 1.165) is 0 Å². The molecule has 4 heteroatoms. The normalized spacial score (nSPS) is 27.1. The molecule has 0 amide bonds. The molecule has 0 saturated carbocycles. The molecule has 0 aromatic carbocycles. The summed E-state index contributed by atoms with van der Waals surface area (Å²) in [4.78, 5) is 2.65. The Kier molecular flexibility index (Phi) is 1.85. The van der Waals surface area contributed by atoms with Gasteiger partial charge in [-0.1, -0.05) is 0 Å². The molecule has 0 radical (unpaired) electrons. The smallest absolute Gasteiger partial charge is 0.265 e. The van der Waals surface area contributed by atoms with Gasteiger partial charge in [-0.25, -0.2) is 9.38 Å². The van der Waals surface area contributed by atoms with Gasteiger partial charge in [0.25, 0.3) is 4.61 Å². The molecule has 1 aliphatic heterocycles. The Morgan fingerprint density at radius 3 is 3.00 bits per heavy atom. The first-order valence-corrected chi connectivity index (χ1v) is 3.37. The van der Waals surface area contributed by atoms with Crippen LogP contribution in [0.4, 0.5) is 4.39 Å². The van der Waals surface area contributed by atoms with Crippen LogP contribution in [0.25, 0.3) is 0 Å². The highest BCUT2D eigenvalue weighted by Crippen LogP contribution is 2.08. The summed E-state index contributed by atoms with van der Waals surface area (Å²) in [5, 5.41) is 0. The number of hydrogen-bond acceptors (Lipinski definition) is 1. The predicted octanol–water partition coefficient (Wildman–Crippen LogP) is -0.598. The van der Waals surface area contributed by atoms with Crippen molar-refractivity contribution in [3.8, 4) is 0 Å². The highest BCUT2D eigenvalue weighted by molar-refractivity contribution is 9.11. The summed E-state index contributed by atoms with van der Waals surface area (Å²) in [6.07, 6.45) is 0.694. The topological polar surface area (TPSA) is 40.0 Å². The van der Waals surface area contributed by atoms with Crippen molar-refractivity contribution in [3.63, 3.8) is 0 Å². The maximum atomic E-state index is 12.4. The van der Waals surface area contributed by atoms with E-state index in [1.807, 2.05) is 0 Å². The van der Waals surface area contributed by atoms with Crippen molar-refractivity contribution < 1.29 is 9.38 Å². The predicted molar refractivity (Wildman–Crippen MR) is 36.7 cm³/mol. The van der Waals surface area contributed by atoms with E-state index in [0.29, 0.717) is 10.3 Å². The molecule has 0 saturated heterocycles. The second kappa shape index (κ2) is 2.47. The third kappa shape index (κ3) is 1.51. The van der Waals surface area contributed by atoms with Crippen LogP contribution in [0, 0.1) is 0 Å². The third-order valence-corrected chi connectivity index (χ3v) is 1.83. The molecule has 1 rings (SSSR count). The average Bonchev–Trinajstić information content (AvgIpc) is 1.80. The molecule has 0 fully saturated rings. The maximum absolute atomic E-state index is 12.4. The van der Waals surface area contributed by atoms with Gasteiger partial charge < -0.3 is 5.73 Å². The zero-order valence-electron chi connectivity index (χ0n) is 4.70. The van der Waals surface area contributed by atoms with Crippen LogP contribution >= 0.6 is 15.9 Å². The number of alkyl halides is 1. The van der Waals surface area contributed by atoms with Gasteiger partial charge in [-0.15, -0.1) is 0 Å². The molecule has 0 aliphatic carbocycles. The van der Waals surface area contributed by atoms with Gasteiger partial charge in [-0.3, -0.25) is 0 Å². The second-order valence-electron chi connectivity index (χ2n) is 1.87. The van der Waals surface area contributed by atoms with Crippen molar-refractivity contribution in [2.75, 3.05) is 0 Å². The van der Waals surface area contributed by atoms with Gasteiger partial charge in [0, 0.05) is 22.4 Å². The first-order valence-electron chi connectivity index (χ1n) is 2.58. The average molecular weight is 194 g/mol. The fraction of sp³-hybridized carbons (Fsp3) is 0.400. The van der Waals surface area contributed by atoms with E-state index in [1.54, 1.807) is 0 Å². The third-order valence-electron chi connectivity index (χ3n) is 1.09. The highest BCUT2D eigenvalue weighted by Gasteiger charge is 2.17. The largest absolute Gasteiger partial charge is 0.396 e. The van der Waals surface area contributed by atoms with Gasteiger partial charge in [0.1, 0.15) is 0 Å². The molecule has 1 atom stereocenters. The minimum atomic E-state index is -0.952. The quantitative estimate of drug-likeness (QED) is 0.497.